The van der Waals surface area contributed by atoms with E-state index in [2.05, 4.69) is 10.9 Å². The molecule has 0 aromatic heterocycles. The van der Waals surface area contributed by atoms with E-state index in [-0.39, 0.29) is 11.8 Å². The van der Waals surface area contributed by atoms with Crippen molar-refractivity contribution in [1.29, 1.82) is 0 Å². The fourth-order valence-electron chi connectivity index (χ4n) is 2.85. The number of nitrogens with one attached hydrogen (secondary N) is 3. The summed E-state index contributed by atoms with van der Waals surface area (Å²) in [6, 6.07) is 9.74. The van der Waals surface area contributed by atoms with Gasteiger partial charge in [-0.15, -0.1) is 0 Å². The van der Waals surface area contributed by atoms with Crippen LogP contribution in [-0.4, -0.2) is 23.6 Å². The van der Waals surface area contributed by atoms with E-state index in [0.717, 1.165) is 5.56 Å². The van der Waals surface area contributed by atoms with Gasteiger partial charge in [0.25, 0.3) is 0 Å². The first-order valence-corrected chi connectivity index (χ1v) is 9.53. The fraction of sp³-hybridized carbons (Fsp3) is 0.524. The minimum absolute atomic E-state index is 0.230. The Bertz CT molecular complexity index is 600. The van der Waals surface area contributed by atoms with Crippen LogP contribution < -0.4 is 16.3 Å². The zero-order valence-electron chi connectivity index (χ0n) is 16.7. The van der Waals surface area contributed by atoms with Crippen LogP contribution in [0.2, 0.25) is 0 Å². The Kier molecular flexibility index (Phi) is 10.4. The number of hydroxylamine groups is 1. The molecule has 150 valence electrons. The van der Waals surface area contributed by atoms with Crippen LogP contribution in [0, 0.1) is 23.7 Å². The Hall–Kier alpha value is -2.18. The number of carbonyl (C=O) groups is 2. The number of carbonyl (C=O) groups excluding carboxylic acids is 2. The van der Waals surface area contributed by atoms with Gasteiger partial charge in [-0.25, -0.2) is 10.9 Å². The van der Waals surface area contributed by atoms with Gasteiger partial charge in [-0.2, -0.15) is 0 Å². The molecule has 0 aliphatic rings. The Morgan fingerprint density at radius 2 is 1.67 bits per heavy atom. The zero-order valence-corrected chi connectivity index (χ0v) is 16.7. The molecule has 6 nitrogen and oxygen atoms in total. The largest absolute Gasteiger partial charge is 0.291 e. The fourth-order valence-corrected chi connectivity index (χ4v) is 2.85. The summed E-state index contributed by atoms with van der Waals surface area (Å²) in [6.45, 7) is 8.75. The van der Waals surface area contributed by atoms with Crippen molar-refractivity contribution in [2.24, 2.45) is 23.7 Å². The second-order valence-electron chi connectivity index (χ2n) is 7.63. The molecule has 0 radical (unpaired) electrons. The molecule has 27 heavy (non-hydrogen) atoms. The quantitative estimate of drug-likeness (QED) is 0.353. The average molecular weight is 376 g/mol. The topological polar surface area (TPSA) is 90.5 Å². The average Bonchev–Trinajstić information content (AvgIpc) is 2.63. The van der Waals surface area contributed by atoms with E-state index in [1.54, 1.807) is 5.48 Å². The standard InChI is InChI=1S/C21H33N3O3/c1-15(2)13-19(20(25)23-22-14-16(3)4)18(21(26)24-27)12-8-11-17-9-6-5-7-10-17/h5-11,15-16,18-19,22,27H,12-14H2,1-4H3,(H,23,25)(H,24,26)/t18-,19?/m0/s1. The first-order valence-electron chi connectivity index (χ1n) is 9.53. The van der Waals surface area contributed by atoms with Crippen LogP contribution in [0.1, 0.15) is 46.1 Å². The highest BCUT2D eigenvalue weighted by atomic mass is 16.5. The molecule has 0 spiro atoms. The van der Waals surface area contributed by atoms with Crippen molar-refractivity contribution in [3.05, 3.63) is 42.0 Å². The smallest absolute Gasteiger partial charge is 0.247 e. The molecule has 0 bridgehead atoms. The van der Waals surface area contributed by atoms with Crippen molar-refractivity contribution < 1.29 is 14.8 Å². The van der Waals surface area contributed by atoms with E-state index < -0.39 is 17.7 Å². The Morgan fingerprint density at radius 3 is 2.22 bits per heavy atom. The van der Waals surface area contributed by atoms with Crippen LogP contribution in [0.15, 0.2) is 36.4 Å². The van der Waals surface area contributed by atoms with Crippen molar-refractivity contribution in [2.45, 2.75) is 40.5 Å². The first-order chi connectivity index (χ1) is 12.8. The molecule has 1 rings (SSSR count). The van der Waals surface area contributed by atoms with Gasteiger partial charge in [-0.3, -0.25) is 20.2 Å². The molecule has 0 aliphatic carbocycles. The lowest BCUT2D eigenvalue weighted by molar-refractivity contribution is -0.141. The molecule has 4 N–H and O–H groups in total. The molecule has 2 amide bonds. The van der Waals surface area contributed by atoms with Crippen LogP contribution >= 0.6 is 0 Å². The van der Waals surface area contributed by atoms with E-state index in [4.69, 9.17) is 5.21 Å². The number of allylic oxidation sites excluding steroid dienone is 1. The molecule has 0 aliphatic heterocycles. The second kappa shape index (κ2) is 12.3. The maximum Gasteiger partial charge on any atom is 0.247 e. The van der Waals surface area contributed by atoms with E-state index >= 15 is 0 Å². The second-order valence-corrected chi connectivity index (χ2v) is 7.63. The minimum Gasteiger partial charge on any atom is -0.291 e. The summed E-state index contributed by atoms with van der Waals surface area (Å²) in [7, 11) is 0. The molecule has 0 fully saturated rings. The molecular weight excluding hydrogens is 342 g/mol. The zero-order chi connectivity index (χ0) is 20.2. The van der Waals surface area contributed by atoms with E-state index in [1.807, 2.05) is 70.2 Å². The number of hydrogen-bond acceptors (Lipinski definition) is 4. The van der Waals surface area contributed by atoms with Crippen molar-refractivity contribution >= 4 is 17.9 Å². The first kappa shape index (κ1) is 22.9. The predicted octanol–water partition coefficient (Wildman–Crippen LogP) is 3.15. The van der Waals surface area contributed by atoms with Crippen LogP contribution in [0.4, 0.5) is 0 Å². The summed E-state index contributed by atoms with van der Waals surface area (Å²) in [5, 5.41) is 9.16. The van der Waals surface area contributed by atoms with Crippen molar-refractivity contribution in [1.82, 2.24) is 16.3 Å². The molecular formula is C21H33N3O3. The van der Waals surface area contributed by atoms with E-state index in [1.165, 1.54) is 0 Å². The van der Waals surface area contributed by atoms with Gasteiger partial charge in [-0.1, -0.05) is 70.2 Å². The number of hydrogen-bond donors (Lipinski definition) is 4. The van der Waals surface area contributed by atoms with Crippen LogP contribution in [-0.2, 0) is 9.59 Å². The number of benzene rings is 1. The van der Waals surface area contributed by atoms with Crippen LogP contribution in [0.5, 0.6) is 0 Å². The lowest BCUT2D eigenvalue weighted by atomic mass is 9.82. The lowest BCUT2D eigenvalue weighted by Gasteiger charge is -2.25. The molecule has 0 saturated carbocycles. The lowest BCUT2D eigenvalue weighted by Crippen LogP contribution is -2.47. The van der Waals surface area contributed by atoms with Gasteiger partial charge in [0.2, 0.25) is 11.8 Å². The summed E-state index contributed by atoms with van der Waals surface area (Å²) in [6.07, 6.45) is 4.69. The normalized spacial score (nSPS) is 13.7. The third kappa shape index (κ3) is 8.84. The van der Waals surface area contributed by atoms with Crippen molar-refractivity contribution in [3.63, 3.8) is 0 Å². The molecule has 1 unspecified atom stereocenters. The maximum absolute atomic E-state index is 12.7. The summed E-state index contributed by atoms with van der Waals surface area (Å²) in [5.74, 6) is -1.35. The monoisotopic (exact) mass is 375 g/mol. The van der Waals surface area contributed by atoms with Crippen LogP contribution in [0.3, 0.4) is 0 Å². The number of amides is 2. The Balaban J connectivity index is 2.89. The maximum atomic E-state index is 12.7. The molecule has 1 aromatic rings. The highest BCUT2D eigenvalue weighted by Gasteiger charge is 2.33. The Morgan fingerprint density at radius 1 is 1.00 bits per heavy atom. The summed E-state index contributed by atoms with van der Waals surface area (Å²) in [5.41, 5.74) is 8.37. The molecule has 6 heteroatoms. The van der Waals surface area contributed by atoms with Crippen molar-refractivity contribution in [3.8, 4) is 0 Å². The molecule has 0 saturated heterocycles. The van der Waals surface area contributed by atoms with Gasteiger partial charge >= 0.3 is 0 Å². The third-order valence-electron chi connectivity index (χ3n) is 4.22. The van der Waals surface area contributed by atoms with E-state index in [9.17, 15) is 9.59 Å². The van der Waals surface area contributed by atoms with Gasteiger partial charge < -0.3 is 0 Å². The highest BCUT2D eigenvalue weighted by molar-refractivity contribution is 5.87. The van der Waals surface area contributed by atoms with Gasteiger partial charge in [0.1, 0.15) is 0 Å². The minimum atomic E-state index is -0.654. The van der Waals surface area contributed by atoms with Gasteiger partial charge in [-0.05, 0) is 30.2 Å². The van der Waals surface area contributed by atoms with Gasteiger partial charge in [0, 0.05) is 6.54 Å². The predicted molar refractivity (Wildman–Crippen MR) is 107 cm³/mol. The summed E-state index contributed by atoms with van der Waals surface area (Å²) in [4.78, 5) is 25.0. The van der Waals surface area contributed by atoms with Gasteiger partial charge in [0.05, 0.1) is 11.8 Å². The molecule has 2 atom stereocenters. The van der Waals surface area contributed by atoms with Gasteiger partial charge in [0.15, 0.2) is 0 Å². The SMILES string of the molecule is CC(C)CNNC(=O)C(CC(C)C)[C@H](CC=Cc1ccccc1)C(=O)NO. The van der Waals surface area contributed by atoms with Crippen molar-refractivity contribution in [2.75, 3.05) is 6.54 Å². The highest BCUT2D eigenvalue weighted by Crippen LogP contribution is 2.25. The number of hydrazine groups is 1. The molecule has 1 aromatic carbocycles. The molecule has 0 heterocycles. The third-order valence-corrected chi connectivity index (χ3v) is 4.22. The summed E-state index contributed by atoms with van der Waals surface area (Å²) >= 11 is 0. The summed E-state index contributed by atoms with van der Waals surface area (Å²) < 4.78 is 0. The van der Waals surface area contributed by atoms with E-state index in [0.29, 0.717) is 25.3 Å². The van der Waals surface area contributed by atoms with Crippen LogP contribution in [0.25, 0.3) is 6.08 Å². The Labute approximate surface area is 162 Å². The number of rotatable bonds is 11.